The van der Waals surface area contributed by atoms with Crippen LogP contribution in [-0.4, -0.2) is 24.8 Å². The van der Waals surface area contributed by atoms with Crippen molar-refractivity contribution >= 4 is 23.1 Å². The Balaban J connectivity index is 1.52. The summed E-state index contributed by atoms with van der Waals surface area (Å²) in [6.45, 7) is 5.47. The van der Waals surface area contributed by atoms with Crippen molar-refractivity contribution < 1.29 is 14.0 Å². The van der Waals surface area contributed by atoms with E-state index in [2.05, 4.69) is 23.2 Å². The van der Waals surface area contributed by atoms with Crippen LogP contribution in [0.1, 0.15) is 51.6 Å². The van der Waals surface area contributed by atoms with Gasteiger partial charge in [-0.2, -0.15) is 0 Å². The lowest BCUT2D eigenvalue weighted by atomic mass is 9.88. The zero-order valence-electron chi connectivity index (χ0n) is 19.1. The van der Waals surface area contributed by atoms with Gasteiger partial charge < -0.3 is 10.2 Å². The average Bonchev–Trinajstić information content (AvgIpc) is 2.83. The smallest absolute Gasteiger partial charge is 0.257 e. The number of Topliss-reactive ketones (excluding diaryl/α,β-unsaturated/α-hetero) is 1. The van der Waals surface area contributed by atoms with Gasteiger partial charge in [0.1, 0.15) is 5.82 Å². The summed E-state index contributed by atoms with van der Waals surface area (Å²) in [4.78, 5) is 28.3. The fourth-order valence-corrected chi connectivity index (χ4v) is 4.57. The molecule has 0 bridgehead atoms. The lowest BCUT2D eigenvalue weighted by Crippen LogP contribution is -2.38. The molecule has 0 atom stereocenters. The molecule has 0 aromatic heterocycles. The van der Waals surface area contributed by atoms with Gasteiger partial charge in [-0.3, -0.25) is 9.59 Å². The molecule has 4 nitrogen and oxygen atoms in total. The Hall–Kier alpha value is -3.47. The Morgan fingerprint density at radius 3 is 2.36 bits per heavy atom. The van der Waals surface area contributed by atoms with Crippen LogP contribution in [-0.2, 0) is 6.42 Å². The third kappa shape index (κ3) is 5.14. The van der Waals surface area contributed by atoms with Gasteiger partial charge in [0.05, 0.1) is 11.3 Å². The van der Waals surface area contributed by atoms with Crippen molar-refractivity contribution in [2.75, 3.05) is 23.3 Å². The highest BCUT2D eigenvalue weighted by Crippen LogP contribution is 2.32. The molecule has 1 heterocycles. The maximum Gasteiger partial charge on any atom is 0.257 e. The number of piperidine rings is 1. The highest BCUT2D eigenvalue weighted by molar-refractivity contribution is 6.08. The standard InChI is InChI=1S/C28H29FN2O2/c1-3-20-7-5-9-25(28(33)30-24-8-4-6-19(2)18-24)26(20)31-16-14-22(15-17-31)27(32)21-10-12-23(29)13-11-21/h4-13,18,22H,3,14-17H2,1-2H3,(H,30,33). The molecule has 0 radical (unpaired) electrons. The van der Waals surface area contributed by atoms with Crippen LogP contribution in [0, 0.1) is 18.7 Å². The Bertz CT molecular complexity index is 1150. The van der Waals surface area contributed by atoms with Crippen molar-refractivity contribution in [2.24, 2.45) is 5.92 Å². The fraction of sp³-hybridized carbons (Fsp3) is 0.286. The Morgan fingerprint density at radius 2 is 1.70 bits per heavy atom. The van der Waals surface area contributed by atoms with Gasteiger partial charge in [-0.05, 0) is 79.8 Å². The number of hydrogen-bond acceptors (Lipinski definition) is 3. The minimum absolute atomic E-state index is 0.0656. The second-order valence-electron chi connectivity index (χ2n) is 8.62. The maximum atomic E-state index is 13.2. The summed E-state index contributed by atoms with van der Waals surface area (Å²) >= 11 is 0. The number of amides is 1. The number of rotatable bonds is 6. The molecule has 3 aromatic carbocycles. The minimum atomic E-state index is -0.339. The molecule has 33 heavy (non-hydrogen) atoms. The molecule has 3 aromatic rings. The molecule has 1 saturated heterocycles. The molecule has 1 fully saturated rings. The van der Waals surface area contributed by atoms with Gasteiger partial charge in [-0.1, -0.05) is 31.2 Å². The zero-order valence-corrected chi connectivity index (χ0v) is 19.1. The third-order valence-corrected chi connectivity index (χ3v) is 6.33. The lowest BCUT2D eigenvalue weighted by molar-refractivity contribution is 0.0899. The van der Waals surface area contributed by atoms with Gasteiger partial charge in [-0.15, -0.1) is 0 Å². The number of aryl methyl sites for hydroxylation is 2. The minimum Gasteiger partial charge on any atom is -0.371 e. The number of hydrogen-bond donors (Lipinski definition) is 1. The average molecular weight is 445 g/mol. The largest absolute Gasteiger partial charge is 0.371 e. The van der Waals surface area contributed by atoms with Crippen LogP contribution in [0.4, 0.5) is 15.8 Å². The quantitative estimate of drug-likeness (QED) is 0.471. The van der Waals surface area contributed by atoms with Gasteiger partial charge in [-0.25, -0.2) is 4.39 Å². The van der Waals surface area contributed by atoms with Crippen molar-refractivity contribution in [2.45, 2.75) is 33.1 Å². The summed E-state index contributed by atoms with van der Waals surface area (Å²) in [5, 5.41) is 3.03. The first kappa shape index (κ1) is 22.7. The second-order valence-corrected chi connectivity index (χ2v) is 8.62. The van der Waals surface area contributed by atoms with Crippen LogP contribution >= 0.6 is 0 Å². The van der Waals surface area contributed by atoms with Crippen LogP contribution in [0.25, 0.3) is 0 Å². The van der Waals surface area contributed by atoms with Crippen LogP contribution < -0.4 is 10.2 Å². The third-order valence-electron chi connectivity index (χ3n) is 6.33. The SMILES string of the molecule is CCc1cccc(C(=O)Nc2cccc(C)c2)c1N1CCC(C(=O)c2ccc(F)cc2)CC1. The van der Waals surface area contributed by atoms with Crippen LogP contribution in [0.15, 0.2) is 66.7 Å². The van der Waals surface area contributed by atoms with E-state index in [1.807, 2.05) is 43.3 Å². The Morgan fingerprint density at radius 1 is 1.00 bits per heavy atom. The van der Waals surface area contributed by atoms with E-state index in [-0.39, 0.29) is 23.4 Å². The maximum absolute atomic E-state index is 13.2. The number of carbonyl (C=O) groups is 2. The number of benzene rings is 3. The van der Waals surface area contributed by atoms with E-state index in [4.69, 9.17) is 0 Å². The van der Waals surface area contributed by atoms with E-state index < -0.39 is 0 Å². The number of ketones is 1. The topological polar surface area (TPSA) is 49.4 Å². The summed E-state index contributed by atoms with van der Waals surface area (Å²) in [5.74, 6) is -0.495. The van der Waals surface area contributed by atoms with E-state index in [1.54, 1.807) is 12.1 Å². The molecule has 1 N–H and O–H groups in total. The van der Waals surface area contributed by atoms with Gasteiger partial charge in [0.2, 0.25) is 0 Å². The predicted molar refractivity (Wildman–Crippen MR) is 131 cm³/mol. The van der Waals surface area contributed by atoms with Gasteiger partial charge in [0, 0.05) is 30.3 Å². The van der Waals surface area contributed by atoms with Gasteiger partial charge >= 0.3 is 0 Å². The first-order valence-corrected chi connectivity index (χ1v) is 11.5. The van der Waals surface area contributed by atoms with Crippen LogP contribution in [0.5, 0.6) is 0 Å². The van der Waals surface area contributed by atoms with E-state index in [1.165, 1.54) is 12.1 Å². The summed E-state index contributed by atoms with van der Waals surface area (Å²) < 4.78 is 13.2. The van der Waals surface area contributed by atoms with Crippen molar-refractivity contribution in [3.05, 3.63) is 94.8 Å². The normalized spacial score (nSPS) is 14.2. The zero-order chi connectivity index (χ0) is 23.4. The molecule has 1 aliphatic rings. The fourth-order valence-electron chi connectivity index (χ4n) is 4.57. The molecule has 1 aliphatic heterocycles. The van der Waals surface area contributed by atoms with Crippen molar-refractivity contribution in [3.8, 4) is 0 Å². The molecular formula is C28H29FN2O2. The van der Waals surface area contributed by atoms with Crippen LogP contribution in [0.3, 0.4) is 0 Å². The molecule has 5 heteroatoms. The number of para-hydroxylation sites is 1. The first-order chi connectivity index (χ1) is 16.0. The lowest BCUT2D eigenvalue weighted by Gasteiger charge is -2.35. The molecule has 4 rings (SSSR count). The van der Waals surface area contributed by atoms with Crippen molar-refractivity contribution in [1.29, 1.82) is 0 Å². The number of anilines is 2. The molecular weight excluding hydrogens is 415 g/mol. The molecule has 1 amide bonds. The van der Waals surface area contributed by atoms with Crippen molar-refractivity contribution in [1.82, 2.24) is 0 Å². The van der Waals surface area contributed by atoms with E-state index >= 15 is 0 Å². The summed E-state index contributed by atoms with van der Waals surface area (Å²) in [7, 11) is 0. The second kappa shape index (κ2) is 9.99. The summed E-state index contributed by atoms with van der Waals surface area (Å²) in [5.41, 5.74) is 5.15. The number of nitrogens with zero attached hydrogens (tertiary/aromatic N) is 1. The predicted octanol–water partition coefficient (Wildman–Crippen LogP) is 6.05. The monoisotopic (exact) mass is 444 g/mol. The molecule has 170 valence electrons. The number of nitrogens with one attached hydrogen (secondary N) is 1. The van der Waals surface area contributed by atoms with E-state index in [9.17, 15) is 14.0 Å². The number of carbonyl (C=O) groups excluding carboxylic acids is 2. The van der Waals surface area contributed by atoms with Gasteiger partial charge in [0.25, 0.3) is 5.91 Å². The van der Waals surface area contributed by atoms with Crippen LogP contribution in [0.2, 0.25) is 0 Å². The number of halogens is 1. The highest BCUT2D eigenvalue weighted by atomic mass is 19.1. The Kier molecular flexibility index (Phi) is 6.87. The van der Waals surface area contributed by atoms with E-state index in [0.717, 1.165) is 28.9 Å². The first-order valence-electron chi connectivity index (χ1n) is 11.5. The summed E-state index contributed by atoms with van der Waals surface area (Å²) in [6, 6.07) is 19.4. The molecule has 0 spiro atoms. The Labute approximate surface area is 194 Å². The summed E-state index contributed by atoms with van der Waals surface area (Å²) in [6.07, 6.45) is 2.22. The van der Waals surface area contributed by atoms with E-state index in [0.29, 0.717) is 37.1 Å². The highest BCUT2D eigenvalue weighted by Gasteiger charge is 2.28. The molecule has 0 unspecified atom stereocenters. The van der Waals surface area contributed by atoms with Crippen molar-refractivity contribution in [3.63, 3.8) is 0 Å². The molecule has 0 aliphatic carbocycles. The molecule has 0 saturated carbocycles. The van der Waals surface area contributed by atoms with Gasteiger partial charge in [0.15, 0.2) is 5.78 Å².